The van der Waals surface area contributed by atoms with Gasteiger partial charge in [-0.3, -0.25) is 0 Å². The van der Waals surface area contributed by atoms with E-state index >= 15 is 0 Å². The quantitative estimate of drug-likeness (QED) is 0.546. The first-order valence-corrected chi connectivity index (χ1v) is 4.08. The molecule has 58 valence electrons. The van der Waals surface area contributed by atoms with Crippen molar-refractivity contribution in [2.24, 2.45) is 11.8 Å². The maximum atomic E-state index is 3.99. The number of rotatable bonds is 1. The fourth-order valence-corrected chi connectivity index (χ4v) is 1.65. The van der Waals surface area contributed by atoms with Crippen molar-refractivity contribution < 1.29 is 0 Å². The molecule has 1 rings (SSSR count). The van der Waals surface area contributed by atoms with Crippen molar-refractivity contribution in [1.82, 2.24) is 5.32 Å². The topological polar surface area (TPSA) is 12.0 Å². The lowest BCUT2D eigenvalue weighted by atomic mass is 9.84. The minimum Gasteiger partial charge on any atom is -0.316 e. The molecule has 0 saturated carbocycles. The van der Waals surface area contributed by atoms with Crippen LogP contribution < -0.4 is 5.32 Å². The first kappa shape index (κ1) is 7.80. The smallest absolute Gasteiger partial charge is 0.00192 e. The highest BCUT2D eigenvalue weighted by atomic mass is 14.9. The van der Waals surface area contributed by atoms with Crippen LogP contribution in [-0.2, 0) is 0 Å². The van der Waals surface area contributed by atoms with Gasteiger partial charge in [0.05, 0.1) is 0 Å². The summed E-state index contributed by atoms with van der Waals surface area (Å²) >= 11 is 0. The molecule has 0 aliphatic carbocycles. The second-order valence-corrected chi connectivity index (χ2v) is 3.42. The van der Waals surface area contributed by atoms with Gasteiger partial charge in [0.1, 0.15) is 0 Å². The molecule has 1 fully saturated rings. The molecule has 2 unspecified atom stereocenters. The van der Waals surface area contributed by atoms with Crippen LogP contribution in [0, 0.1) is 11.8 Å². The van der Waals surface area contributed by atoms with Crippen LogP contribution in [0.15, 0.2) is 12.2 Å². The summed E-state index contributed by atoms with van der Waals surface area (Å²) in [5, 5.41) is 3.39. The van der Waals surface area contributed by atoms with Crippen molar-refractivity contribution >= 4 is 0 Å². The van der Waals surface area contributed by atoms with Crippen molar-refractivity contribution in [3.05, 3.63) is 12.2 Å². The van der Waals surface area contributed by atoms with Crippen molar-refractivity contribution in [3.63, 3.8) is 0 Å². The minimum absolute atomic E-state index is 0.716. The van der Waals surface area contributed by atoms with E-state index in [1.807, 2.05) is 0 Å². The fraction of sp³-hybridized carbons (Fsp3) is 0.778. The number of piperidine rings is 1. The van der Waals surface area contributed by atoms with Gasteiger partial charge in [0, 0.05) is 6.54 Å². The van der Waals surface area contributed by atoms with E-state index < -0.39 is 0 Å². The van der Waals surface area contributed by atoms with Crippen LogP contribution in [0.25, 0.3) is 0 Å². The molecule has 1 aliphatic heterocycles. The van der Waals surface area contributed by atoms with E-state index in [4.69, 9.17) is 0 Å². The van der Waals surface area contributed by atoms with Crippen molar-refractivity contribution in [2.75, 3.05) is 13.1 Å². The molecule has 1 heteroatoms. The lowest BCUT2D eigenvalue weighted by Gasteiger charge is -2.29. The molecule has 10 heavy (non-hydrogen) atoms. The highest BCUT2D eigenvalue weighted by Gasteiger charge is 2.20. The second kappa shape index (κ2) is 3.20. The van der Waals surface area contributed by atoms with Crippen molar-refractivity contribution in [2.45, 2.75) is 20.3 Å². The lowest BCUT2D eigenvalue weighted by Crippen LogP contribution is -2.35. The van der Waals surface area contributed by atoms with Gasteiger partial charge in [-0.05, 0) is 31.7 Å². The lowest BCUT2D eigenvalue weighted by molar-refractivity contribution is 0.312. The SMILES string of the molecule is C=C(C)C1CNCCC1C. The second-order valence-electron chi connectivity index (χ2n) is 3.42. The van der Waals surface area contributed by atoms with Gasteiger partial charge in [-0.1, -0.05) is 19.1 Å². The number of hydrogen-bond acceptors (Lipinski definition) is 1. The maximum absolute atomic E-state index is 3.99. The van der Waals surface area contributed by atoms with Gasteiger partial charge in [-0.2, -0.15) is 0 Å². The number of nitrogens with one attached hydrogen (secondary N) is 1. The molecule has 0 spiro atoms. The van der Waals surface area contributed by atoms with Gasteiger partial charge in [0.2, 0.25) is 0 Å². The summed E-state index contributed by atoms with van der Waals surface area (Å²) in [6.07, 6.45) is 1.30. The van der Waals surface area contributed by atoms with Gasteiger partial charge in [-0.15, -0.1) is 0 Å². The van der Waals surface area contributed by atoms with E-state index in [9.17, 15) is 0 Å². The summed E-state index contributed by atoms with van der Waals surface area (Å²) in [6.45, 7) is 10.8. The van der Waals surface area contributed by atoms with E-state index in [1.54, 1.807) is 0 Å². The Morgan fingerprint density at radius 3 is 2.70 bits per heavy atom. The van der Waals surface area contributed by atoms with E-state index in [0.29, 0.717) is 5.92 Å². The Kier molecular flexibility index (Phi) is 2.50. The summed E-state index contributed by atoms with van der Waals surface area (Å²) in [5.74, 6) is 1.55. The third-order valence-corrected chi connectivity index (χ3v) is 2.46. The zero-order valence-electron chi connectivity index (χ0n) is 6.98. The van der Waals surface area contributed by atoms with E-state index in [2.05, 4.69) is 25.7 Å². The highest BCUT2D eigenvalue weighted by molar-refractivity contribution is 5.00. The highest BCUT2D eigenvalue weighted by Crippen LogP contribution is 2.23. The zero-order chi connectivity index (χ0) is 7.56. The third kappa shape index (κ3) is 1.60. The molecule has 0 radical (unpaired) electrons. The fourth-order valence-electron chi connectivity index (χ4n) is 1.65. The van der Waals surface area contributed by atoms with Crippen LogP contribution in [0.4, 0.5) is 0 Å². The third-order valence-electron chi connectivity index (χ3n) is 2.46. The first-order chi connectivity index (χ1) is 4.72. The van der Waals surface area contributed by atoms with Crippen LogP contribution >= 0.6 is 0 Å². The summed E-state index contributed by atoms with van der Waals surface area (Å²) in [5.41, 5.74) is 1.33. The van der Waals surface area contributed by atoms with Crippen LogP contribution in [0.1, 0.15) is 20.3 Å². The zero-order valence-corrected chi connectivity index (χ0v) is 6.98. The summed E-state index contributed by atoms with van der Waals surface area (Å²) in [7, 11) is 0. The van der Waals surface area contributed by atoms with Gasteiger partial charge < -0.3 is 5.32 Å². The molecule has 0 bridgehead atoms. The van der Waals surface area contributed by atoms with Gasteiger partial charge in [0.15, 0.2) is 0 Å². The van der Waals surface area contributed by atoms with Crippen molar-refractivity contribution in [1.29, 1.82) is 0 Å². The molecule has 1 heterocycles. The molecule has 1 N–H and O–H groups in total. The molecular weight excluding hydrogens is 122 g/mol. The average Bonchev–Trinajstić information content (AvgIpc) is 1.88. The standard InChI is InChI=1S/C9H17N/c1-7(2)9-6-10-5-4-8(9)3/h8-10H,1,4-6H2,2-3H3. The Bertz CT molecular complexity index is 129. The Morgan fingerprint density at radius 2 is 2.30 bits per heavy atom. The normalized spacial score (nSPS) is 33.8. The predicted molar refractivity (Wildman–Crippen MR) is 45.0 cm³/mol. The maximum Gasteiger partial charge on any atom is 0.00192 e. The van der Waals surface area contributed by atoms with Crippen LogP contribution in [0.3, 0.4) is 0 Å². The molecule has 0 aromatic carbocycles. The van der Waals surface area contributed by atoms with Crippen LogP contribution in [-0.4, -0.2) is 13.1 Å². The molecule has 2 atom stereocenters. The van der Waals surface area contributed by atoms with Gasteiger partial charge in [0.25, 0.3) is 0 Å². The molecule has 1 nitrogen and oxygen atoms in total. The first-order valence-electron chi connectivity index (χ1n) is 4.08. The Balaban J connectivity index is 2.47. The molecule has 1 aliphatic rings. The summed E-state index contributed by atoms with van der Waals surface area (Å²) in [6, 6.07) is 0. The summed E-state index contributed by atoms with van der Waals surface area (Å²) < 4.78 is 0. The monoisotopic (exact) mass is 139 g/mol. The van der Waals surface area contributed by atoms with E-state index in [-0.39, 0.29) is 0 Å². The van der Waals surface area contributed by atoms with E-state index in [1.165, 1.54) is 18.5 Å². The largest absolute Gasteiger partial charge is 0.316 e. The molecular formula is C9H17N. The van der Waals surface area contributed by atoms with Gasteiger partial charge >= 0.3 is 0 Å². The Hall–Kier alpha value is -0.300. The molecule has 1 saturated heterocycles. The van der Waals surface area contributed by atoms with Crippen LogP contribution in [0.5, 0.6) is 0 Å². The molecule has 0 aromatic heterocycles. The van der Waals surface area contributed by atoms with E-state index in [0.717, 1.165) is 12.5 Å². The number of hydrogen-bond donors (Lipinski definition) is 1. The van der Waals surface area contributed by atoms with Crippen LogP contribution in [0.2, 0.25) is 0 Å². The van der Waals surface area contributed by atoms with Crippen molar-refractivity contribution in [3.8, 4) is 0 Å². The Morgan fingerprint density at radius 1 is 1.60 bits per heavy atom. The molecule has 0 amide bonds. The van der Waals surface area contributed by atoms with Gasteiger partial charge in [-0.25, -0.2) is 0 Å². The average molecular weight is 139 g/mol. The summed E-state index contributed by atoms with van der Waals surface area (Å²) in [4.78, 5) is 0. The molecule has 0 aromatic rings. The Labute approximate surface area is 63.5 Å². The minimum atomic E-state index is 0.716. The predicted octanol–water partition coefficient (Wildman–Crippen LogP) is 1.81.